The molecule has 0 unspecified atom stereocenters. The van der Waals surface area contributed by atoms with Crippen LogP contribution in [0.4, 0.5) is 15.8 Å². The summed E-state index contributed by atoms with van der Waals surface area (Å²) in [5.74, 6) is 0.262. The molecule has 0 saturated carbocycles. The van der Waals surface area contributed by atoms with Gasteiger partial charge >= 0.3 is 0 Å². The summed E-state index contributed by atoms with van der Waals surface area (Å²) in [7, 11) is 0. The molecule has 30 heavy (non-hydrogen) atoms. The summed E-state index contributed by atoms with van der Waals surface area (Å²) in [4.78, 5) is 26.4. The van der Waals surface area contributed by atoms with Gasteiger partial charge in [-0.3, -0.25) is 14.5 Å². The Morgan fingerprint density at radius 1 is 1.23 bits per heavy atom. The van der Waals surface area contributed by atoms with Crippen molar-refractivity contribution in [2.24, 2.45) is 11.3 Å². The van der Waals surface area contributed by atoms with Crippen LogP contribution in [0.5, 0.6) is 0 Å². The second-order valence-electron chi connectivity index (χ2n) is 9.15. The zero-order valence-electron chi connectivity index (χ0n) is 17.9. The fraction of sp³-hybridized carbons (Fsp3) is 0.417. The molecule has 1 aliphatic heterocycles. The predicted molar refractivity (Wildman–Crippen MR) is 122 cm³/mol. The van der Waals surface area contributed by atoms with Crippen LogP contribution >= 0.6 is 11.8 Å². The van der Waals surface area contributed by atoms with Gasteiger partial charge in [0.1, 0.15) is 11.2 Å². The highest BCUT2D eigenvalue weighted by Crippen LogP contribution is 2.42. The average molecular weight is 429 g/mol. The van der Waals surface area contributed by atoms with Crippen molar-refractivity contribution in [2.45, 2.75) is 45.9 Å². The highest BCUT2D eigenvalue weighted by atomic mass is 32.2. The molecular formula is C24H29FN2O2S. The summed E-state index contributed by atoms with van der Waals surface area (Å²) < 4.78 is 13.6. The van der Waals surface area contributed by atoms with Gasteiger partial charge in [0.05, 0.1) is 5.75 Å². The lowest BCUT2D eigenvalue weighted by molar-refractivity contribution is -0.117. The summed E-state index contributed by atoms with van der Waals surface area (Å²) in [6.45, 7) is 8.64. The minimum atomic E-state index is -0.366. The second-order valence-corrected chi connectivity index (χ2v) is 10.2. The van der Waals surface area contributed by atoms with E-state index in [2.05, 4.69) is 33.0 Å². The number of hydrogen-bond acceptors (Lipinski definition) is 3. The van der Waals surface area contributed by atoms with Gasteiger partial charge < -0.3 is 5.32 Å². The van der Waals surface area contributed by atoms with Gasteiger partial charge in [0, 0.05) is 17.8 Å². The van der Waals surface area contributed by atoms with Crippen molar-refractivity contribution in [3.63, 3.8) is 0 Å². The Kier molecular flexibility index (Phi) is 6.86. The van der Waals surface area contributed by atoms with Crippen molar-refractivity contribution < 1.29 is 14.0 Å². The number of nitrogens with one attached hydrogen (secondary N) is 1. The van der Waals surface area contributed by atoms with Crippen molar-refractivity contribution in [3.05, 3.63) is 59.9 Å². The number of halogens is 1. The number of thioether (sulfide) groups is 1. The Bertz CT molecular complexity index is 908. The van der Waals surface area contributed by atoms with E-state index in [0.717, 1.165) is 17.7 Å². The van der Waals surface area contributed by atoms with Crippen LogP contribution in [-0.4, -0.2) is 17.6 Å². The standard InChI is InChI=1S/C24H29FN2O2S/c1-16(14-24(2,3)4)12-21(28)26-19-10-8-17(9-11-19)23-27(22(29)15-30-23)20-7-5-6-18(25)13-20/h5-11,13,16,23H,12,14-15H2,1-4H3,(H,26,28)/t16-,23+/m0/s1. The third-order valence-electron chi connectivity index (χ3n) is 4.93. The van der Waals surface area contributed by atoms with Crippen LogP contribution in [0.15, 0.2) is 48.5 Å². The van der Waals surface area contributed by atoms with Crippen molar-refractivity contribution >= 4 is 35.0 Å². The highest BCUT2D eigenvalue weighted by Gasteiger charge is 2.34. The third-order valence-corrected chi connectivity index (χ3v) is 6.14. The normalized spacial score (nSPS) is 17.8. The molecule has 1 fully saturated rings. The summed E-state index contributed by atoms with van der Waals surface area (Å²) >= 11 is 1.51. The minimum absolute atomic E-state index is 0.00584. The zero-order valence-corrected chi connectivity index (χ0v) is 18.8. The Balaban J connectivity index is 1.66. The largest absolute Gasteiger partial charge is 0.326 e. The lowest BCUT2D eigenvalue weighted by Gasteiger charge is -2.24. The molecule has 2 atom stereocenters. The number of hydrogen-bond donors (Lipinski definition) is 1. The van der Waals surface area contributed by atoms with Gasteiger partial charge in [0.25, 0.3) is 0 Å². The Morgan fingerprint density at radius 3 is 2.57 bits per heavy atom. The van der Waals surface area contributed by atoms with E-state index in [1.165, 1.54) is 23.9 Å². The van der Waals surface area contributed by atoms with E-state index in [1.54, 1.807) is 17.0 Å². The van der Waals surface area contributed by atoms with Gasteiger partial charge in [-0.15, -0.1) is 11.8 Å². The fourth-order valence-electron chi connectivity index (χ4n) is 3.95. The first kappa shape index (κ1) is 22.3. The van der Waals surface area contributed by atoms with Crippen molar-refractivity contribution in [2.75, 3.05) is 16.0 Å². The first-order chi connectivity index (χ1) is 14.1. The topological polar surface area (TPSA) is 49.4 Å². The van der Waals surface area contributed by atoms with Crippen molar-refractivity contribution in [1.82, 2.24) is 0 Å². The van der Waals surface area contributed by atoms with E-state index in [0.29, 0.717) is 23.8 Å². The highest BCUT2D eigenvalue weighted by molar-refractivity contribution is 8.00. The number of benzene rings is 2. The average Bonchev–Trinajstić information content (AvgIpc) is 3.02. The number of nitrogens with zero attached hydrogens (tertiary/aromatic N) is 1. The van der Waals surface area contributed by atoms with Crippen LogP contribution < -0.4 is 10.2 Å². The first-order valence-electron chi connectivity index (χ1n) is 10.2. The molecule has 2 aromatic rings. The van der Waals surface area contributed by atoms with Crippen LogP contribution in [0.2, 0.25) is 0 Å². The number of anilines is 2. The number of amides is 2. The molecule has 0 aliphatic carbocycles. The molecule has 0 radical (unpaired) electrons. The SMILES string of the molecule is C[C@@H](CC(=O)Nc1ccc([C@H]2SCC(=O)N2c2cccc(F)c2)cc1)CC(C)(C)C. The summed E-state index contributed by atoms with van der Waals surface area (Å²) in [5.41, 5.74) is 2.43. The number of carbonyl (C=O) groups excluding carboxylic acids is 2. The van der Waals surface area contributed by atoms with Crippen LogP contribution in [0.3, 0.4) is 0 Å². The van der Waals surface area contributed by atoms with E-state index >= 15 is 0 Å². The van der Waals surface area contributed by atoms with Gasteiger partial charge in [-0.25, -0.2) is 4.39 Å². The molecule has 160 valence electrons. The van der Waals surface area contributed by atoms with Crippen LogP contribution in [0, 0.1) is 17.2 Å². The smallest absolute Gasteiger partial charge is 0.238 e. The van der Waals surface area contributed by atoms with E-state index in [4.69, 9.17) is 0 Å². The van der Waals surface area contributed by atoms with E-state index in [1.807, 2.05) is 24.3 Å². The van der Waals surface area contributed by atoms with E-state index in [9.17, 15) is 14.0 Å². The number of carbonyl (C=O) groups is 2. The molecule has 2 aromatic carbocycles. The minimum Gasteiger partial charge on any atom is -0.326 e. The lowest BCUT2D eigenvalue weighted by Crippen LogP contribution is -2.27. The van der Waals surface area contributed by atoms with Crippen LogP contribution in [0.1, 0.15) is 51.5 Å². The zero-order chi connectivity index (χ0) is 21.9. The molecule has 1 N–H and O–H groups in total. The van der Waals surface area contributed by atoms with Gasteiger partial charge in [0.2, 0.25) is 11.8 Å². The molecule has 0 aromatic heterocycles. The van der Waals surface area contributed by atoms with Crippen LogP contribution in [0.25, 0.3) is 0 Å². The monoisotopic (exact) mass is 428 g/mol. The molecule has 6 heteroatoms. The Morgan fingerprint density at radius 2 is 1.93 bits per heavy atom. The predicted octanol–water partition coefficient (Wildman–Crippen LogP) is 6.01. The fourth-order valence-corrected chi connectivity index (χ4v) is 5.13. The summed E-state index contributed by atoms with van der Waals surface area (Å²) in [6, 6.07) is 13.6. The first-order valence-corrected chi connectivity index (χ1v) is 11.3. The van der Waals surface area contributed by atoms with Gasteiger partial charge in [-0.1, -0.05) is 45.9 Å². The van der Waals surface area contributed by atoms with Crippen LogP contribution in [-0.2, 0) is 9.59 Å². The van der Waals surface area contributed by atoms with Gasteiger partial charge in [0.15, 0.2) is 0 Å². The molecule has 2 amide bonds. The van der Waals surface area contributed by atoms with Crippen molar-refractivity contribution in [3.8, 4) is 0 Å². The molecular weight excluding hydrogens is 399 g/mol. The molecule has 1 aliphatic rings. The molecule has 0 bridgehead atoms. The maximum Gasteiger partial charge on any atom is 0.238 e. The van der Waals surface area contributed by atoms with E-state index < -0.39 is 0 Å². The summed E-state index contributed by atoms with van der Waals surface area (Å²) in [6.07, 6.45) is 1.47. The van der Waals surface area contributed by atoms with E-state index in [-0.39, 0.29) is 28.4 Å². The van der Waals surface area contributed by atoms with Gasteiger partial charge in [-0.2, -0.15) is 0 Å². The Labute approximate surface area is 182 Å². The summed E-state index contributed by atoms with van der Waals surface area (Å²) in [5, 5.41) is 2.75. The van der Waals surface area contributed by atoms with Crippen molar-refractivity contribution in [1.29, 1.82) is 0 Å². The lowest BCUT2D eigenvalue weighted by atomic mass is 9.84. The Hall–Kier alpha value is -2.34. The van der Waals surface area contributed by atoms with Gasteiger partial charge in [-0.05, 0) is 53.6 Å². The molecule has 1 heterocycles. The maximum atomic E-state index is 13.6. The third kappa shape index (κ3) is 5.85. The molecule has 4 nitrogen and oxygen atoms in total. The second kappa shape index (κ2) is 9.21. The molecule has 0 spiro atoms. The quantitative estimate of drug-likeness (QED) is 0.613. The number of rotatable bonds is 6. The maximum absolute atomic E-state index is 13.6. The molecule has 3 rings (SSSR count). The molecule has 1 saturated heterocycles.